The minimum absolute atomic E-state index is 0.282. The number of hydrogen-bond acceptors (Lipinski definition) is 5. The highest BCUT2D eigenvalue weighted by Crippen LogP contribution is 2.32. The van der Waals surface area contributed by atoms with Crippen LogP contribution in [0.15, 0.2) is 53.1 Å². The maximum atomic E-state index is 12.8. The van der Waals surface area contributed by atoms with Crippen LogP contribution in [0, 0.1) is 13.8 Å². The van der Waals surface area contributed by atoms with Crippen molar-refractivity contribution in [1.82, 2.24) is 15.1 Å². The molecule has 1 N–H and O–H groups in total. The van der Waals surface area contributed by atoms with Gasteiger partial charge in [0.25, 0.3) is 5.91 Å². The van der Waals surface area contributed by atoms with Crippen molar-refractivity contribution in [3.8, 4) is 17.2 Å². The summed E-state index contributed by atoms with van der Waals surface area (Å²) < 4.78 is 18.4. The predicted molar refractivity (Wildman–Crippen MR) is 118 cm³/mol. The van der Waals surface area contributed by atoms with Crippen molar-refractivity contribution in [2.24, 2.45) is 0 Å². The van der Waals surface area contributed by atoms with Crippen LogP contribution in [0.2, 0.25) is 0 Å². The predicted octanol–water partition coefficient (Wildman–Crippen LogP) is 4.74. The molecule has 1 unspecified atom stereocenters. The van der Waals surface area contributed by atoms with E-state index in [1.807, 2.05) is 57.2 Å². The van der Waals surface area contributed by atoms with E-state index in [0.29, 0.717) is 17.2 Å². The number of rotatable bonds is 6. The molecule has 4 aromatic rings. The first kappa shape index (κ1) is 20.5. The summed E-state index contributed by atoms with van der Waals surface area (Å²) in [5, 5.41) is 8.38. The Morgan fingerprint density at radius 3 is 2.65 bits per heavy atom. The van der Waals surface area contributed by atoms with Gasteiger partial charge in [-0.2, -0.15) is 5.10 Å². The Balaban J connectivity index is 1.56. The number of hydrogen-bond donors (Lipinski definition) is 1. The molecule has 0 aliphatic carbocycles. The third-order valence-corrected chi connectivity index (χ3v) is 5.32. The topological polar surface area (TPSA) is 78.5 Å². The van der Waals surface area contributed by atoms with Crippen LogP contribution in [0.5, 0.6) is 11.5 Å². The molecular weight excluding hydrogens is 394 g/mol. The molecule has 4 rings (SSSR count). The lowest BCUT2D eigenvalue weighted by atomic mass is 10.1. The molecule has 1 amide bonds. The Morgan fingerprint density at radius 1 is 1.10 bits per heavy atom. The molecule has 0 aliphatic heterocycles. The van der Waals surface area contributed by atoms with Crippen LogP contribution in [0.3, 0.4) is 0 Å². The Bertz CT molecular complexity index is 1260. The van der Waals surface area contributed by atoms with Crippen LogP contribution in [-0.4, -0.2) is 29.9 Å². The number of carbonyl (C=O) groups excluding carboxylic acids is 1. The van der Waals surface area contributed by atoms with Gasteiger partial charge in [0.05, 0.1) is 20.3 Å². The van der Waals surface area contributed by atoms with Crippen molar-refractivity contribution in [2.45, 2.75) is 26.8 Å². The number of fused-ring (bicyclic) bond motifs is 1. The van der Waals surface area contributed by atoms with Crippen LogP contribution < -0.4 is 14.8 Å². The monoisotopic (exact) mass is 419 g/mol. The number of benzene rings is 2. The first-order valence-electron chi connectivity index (χ1n) is 10.00. The minimum Gasteiger partial charge on any atom is -0.497 e. The summed E-state index contributed by atoms with van der Waals surface area (Å²) >= 11 is 0. The van der Waals surface area contributed by atoms with Crippen molar-refractivity contribution in [1.29, 1.82) is 0 Å². The van der Waals surface area contributed by atoms with E-state index in [-0.39, 0.29) is 11.9 Å². The van der Waals surface area contributed by atoms with Crippen molar-refractivity contribution >= 4 is 16.9 Å². The van der Waals surface area contributed by atoms with Gasteiger partial charge in [-0.15, -0.1) is 0 Å². The van der Waals surface area contributed by atoms with E-state index in [9.17, 15) is 4.79 Å². The van der Waals surface area contributed by atoms with Gasteiger partial charge >= 0.3 is 0 Å². The quantitative estimate of drug-likeness (QED) is 0.488. The third-order valence-electron chi connectivity index (χ3n) is 5.32. The van der Waals surface area contributed by atoms with Gasteiger partial charge in [0.15, 0.2) is 5.69 Å². The van der Waals surface area contributed by atoms with Gasteiger partial charge in [-0.25, -0.2) is 4.68 Å². The first-order chi connectivity index (χ1) is 14.9. The Labute approximate surface area is 180 Å². The van der Waals surface area contributed by atoms with Crippen LogP contribution in [0.25, 0.3) is 16.7 Å². The second-order valence-corrected chi connectivity index (χ2v) is 7.47. The van der Waals surface area contributed by atoms with Gasteiger partial charge < -0.3 is 19.2 Å². The molecule has 2 aromatic carbocycles. The number of methoxy groups -OCH3 is 2. The molecule has 1 atom stereocenters. The van der Waals surface area contributed by atoms with E-state index < -0.39 is 0 Å². The number of amides is 1. The highest BCUT2D eigenvalue weighted by Gasteiger charge is 2.21. The van der Waals surface area contributed by atoms with Gasteiger partial charge in [-0.1, -0.05) is 6.07 Å². The molecule has 0 spiro atoms. The zero-order chi connectivity index (χ0) is 22.1. The average Bonchev–Trinajstić information content (AvgIpc) is 3.39. The molecule has 7 nitrogen and oxygen atoms in total. The second kappa shape index (κ2) is 8.18. The summed E-state index contributed by atoms with van der Waals surface area (Å²) in [6.07, 6.45) is 1.75. The number of nitrogens with zero attached hydrogens (tertiary/aromatic N) is 2. The first-order valence-corrected chi connectivity index (χ1v) is 10.00. The summed E-state index contributed by atoms with van der Waals surface area (Å²) in [6.45, 7) is 5.86. The molecule has 31 heavy (non-hydrogen) atoms. The molecule has 0 aliphatic rings. The minimum atomic E-state index is -0.329. The lowest BCUT2D eigenvalue weighted by Gasteiger charge is -2.12. The molecule has 0 saturated carbocycles. The number of aryl methyl sites for hydroxylation is 2. The molecule has 0 fully saturated rings. The van der Waals surface area contributed by atoms with Crippen molar-refractivity contribution in [3.05, 3.63) is 71.2 Å². The summed E-state index contributed by atoms with van der Waals surface area (Å²) in [5.74, 6) is 1.87. The molecule has 2 aromatic heterocycles. The van der Waals surface area contributed by atoms with Crippen molar-refractivity contribution < 1.29 is 18.7 Å². The normalized spacial score (nSPS) is 12.0. The number of nitrogens with one attached hydrogen (secondary N) is 1. The number of furan rings is 1. The van der Waals surface area contributed by atoms with Crippen molar-refractivity contribution in [3.63, 3.8) is 0 Å². The largest absolute Gasteiger partial charge is 0.497 e. The molecule has 7 heteroatoms. The van der Waals surface area contributed by atoms with E-state index in [2.05, 4.69) is 10.4 Å². The fourth-order valence-corrected chi connectivity index (χ4v) is 3.65. The number of aromatic nitrogens is 2. The summed E-state index contributed by atoms with van der Waals surface area (Å²) in [7, 11) is 3.24. The Morgan fingerprint density at radius 2 is 1.90 bits per heavy atom. The molecule has 0 saturated heterocycles. The van der Waals surface area contributed by atoms with Gasteiger partial charge in [0, 0.05) is 17.1 Å². The van der Waals surface area contributed by atoms with Crippen molar-refractivity contribution in [2.75, 3.05) is 14.2 Å². The van der Waals surface area contributed by atoms with E-state index >= 15 is 0 Å². The van der Waals surface area contributed by atoms with E-state index in [0.717, 1.165) is 33.5 Å². The van der Waals surface area contributed by atoms with Gasteiger partial charge in [-0.3, -0.25) is 4.79 Å². The molecule has 2 heterocycles. The van der Waals surface area contributed by atoms with E-state index in [1.54, 1.807) is 31.2 Å². The van der Waals surface area contributed by atoms with E-state index in [4.69, 9.17) is 13.9 Å². The SMILES string of the molecule is COc1ccc2oc(C(C)NC(=O)c3ccn(-c4cc(C)ccc4OC)n3)c(C)c2c1. The third kappa shape index (κ3) is 3.86. The zero-order valence-electron chi connectivity index (χ0n) is 18.2. The Hall–Kier alpha value is -3.74. The van der Waals surface area contributed by atoms with Gasteiger partial charge in [0.2, 0.25) is 0 Å². The summed E-state index contributed by atoms with van der Waals surface area (Å²) in [4.78, 5) is 12.8. The van der Waals surface area contributed by atoms with E-state index in [1.165, 1.54) is 0 Å². The van der Waals surface area contributed by atoms with Crippen LogP contribution in [0.1, 0.15) is 40.3 Å². The highest BCUT2D eigenvalue weighted by molar-refractivity contribution is 5.92. The molecule has 160 valence electrons. The van der Waals surface area contributed by atoms with Gasteiger partial charge in [0.1, 0.15) is 28.5 Å². The fraction of sp³-hybridized carbons (Fsp3) is 0.250. The average molecular weight is 419 g/mol. The van der Waals surface area contributed by atoms with Crippen LogP contribution in [0.4, 0.5) is 0 Å². The molecule has 0 bridgehead atoms. The summed E-state index contributed by atoms with van der Waals surface area (Å²) in [5.41, 5.74) is 3.88. The smallest absolute Gasteiger partial charge is 0.272 e. The number of carbonyl (C=O) groups is 1. The standard InChI is InChI=1S/C24H25N3O4/c1-14-6-8-22(30-5)20(12-14)27-11-10-19(26-27)24(28)25-16(3)23-15(2)18-13-17(29-4)7-9-21(18)31-23/h6-13,16H,1-5H3,(H,25,28). The number of ether oxygens (including phenoxy) is 2. The highest BCUT2D eigenvalue weighted by atomic mass is 16.5. The second-order valence-electron chi connectivity index (χ2n) is 7.47. The van der Waals surface area contributed by atoms with Crippen LogP contribution in [-0.2, 0) is 0 Å². The maximum Gasteiger partial charge on any atom is 0.272 e. The van der Waals surface area contributed by atoms with Gasteiger partial charge in [-0.05, 0) is 62.7 Å². The fourth-order valence-electron chi connectivity index (χ4n) is 3.65. The molecular formula is C24H25N3O4. The zero-order valence-corrected chi connectivity index (χ0v) is 18.2. The van der Waals surface area contributed by atoms with Crippen LogP contribution >= 0.6 is 0 Å². The maximum absolute atomic E-state index is 12.8. The summed E-state index contributed by atoms with van der Waals surface area (Å²) in [6, 6.07) is 12.8. The lowest BCUT2D eigenvalue weighted by Crippen LogP contribution is -2.27. The Kier molecular flexibility index (Phi) is 5.42. The molecule has 0 radical (unpaired) electrons. The lowest BCUT2D eigenvalue weighted by molar-refractivity contribution is 0.0930.